The van der Waals surface area contributed by atoms with Gasteiger partial charge in [-0.2, -0.15) is 0 Å². The summed E-state index contributed by atoms with van der Waals surface area (Å²) in [6.45, 7) is 0. The smallest absolute Gasteiger partial charge is 0.331 e. The maximum Gasteiger partial charge on any atom is 0.331 e. The molecule has 0 saturated carbocycles. The number of carbonyl (C=O) groups excluding carboxylic acids is 1. The fraction of sp³-hybridized carbons (Fsp3) is 0.294. The Kier molecular flexibility index (Phi) is 5.83. The first-order valence-corrected chi connectivity index (χ1v) is 7.99. The zero-order valence-electron chi connectivity index (χ0n) is 13.0. The van der Waals surface area contributed by atoms with E-state index >= 15 is 0 Å². The summed E-state index contributed by atoms with van der Waals surface area (Å²) in [6.07, 6.45) is 7.86. The van der Waals surface area contributed by atoms with Crippen molar-refractivity contribution in [3.63, 3.8) is 0 Å². The molecule has 4 nitrogen and oxygen atoms in total. The van der Waals surface area contributed by atoms with Gasteiger partial charge in [-0.05, 0) is 23.8 Å². The van der Waals surface area contributed by atoms with Crippen LogP contribution in [0.4, 0.5) is 5.69 Å². The molecule has 0 spiro atoms. The van der Waals surface area contributed by atoms with Gasteiger partial charge < -0.3 is 9.64 Å². The number of rotatable bonds is 5. The number of hydrogen-bond donors (Lipinski definition) is 0. The summed E-state index contributed by atoms with van der Waals surface area (Å²) >= 11 is 1.57. The Bertz CT molecular complexity index is 604. The van der Waals surface area contributed by atoms with Crippen LogP contribution >= 0.6 is 11.8 Å². The minimum Gasteiger partial charge on any atom is -0.467 e. The normalized spacial score (nSPS) is 18.0. The lowest BCUT2D eigenvalue weighted by molar-refractivity contribution is -0.141. The van der Waals surface area contributed by atoms with Crippen LogP contribution in [0.25, 0.3) is 6.08 Å². The van der Waals surface area contributed by atoms with Gasteiger partial charge in [-0.15, -0.1) is 11.8 Å². The van der Waals surface area contributed by atoms with Gasteiger partial charge in [-0.25, -0.2) is 4.79 Å². The minimum absolute atomic E-state index is 0.271. The topological polar surface area (TPSA) is 41.9 Å². The van der Waals surface area contributed by atoms with Gasteiger partial charge in [0.15, 0.2) is 6.04 Å². The average Bonchev–Trinajstić information content (AvgIpc) is 3.00. The zero-order chi connectivity index (χ0) is 15.9. The lowest BCUT2D eigenvalue weighted by Crippen LogP contribution is -2.19. The van der Waals surface area contributed by atoms with E-state index in [2.05, 4.69) is 34.2 Å². The number of nitrogens with zero attached hydrogens (tertiary/aromatic N) is 2. The Labute approximate surface area is 135 Å². The molecule has 0 unspecified atom stereocenters. The molecular weight excluding hydrogens is 296 g/mol. The standard InChI is InChI=1S/C17H20N2O2S/c1-19(2)14-10-8-13(9-11-14)6-4-5-7-16-18-15(12-22-16)17(20)21-3/h4-11,15H,12H2,1-3H3/t15-/m1/s1. The Hall–Kier alpha value is -2.01. The van der Waals surface area contributed by atoms with Gasteiger partial charge in [0, 0.05) is 25.5 Å². The molecule has 1 heterocycles. The minimum atomic E-state index is -0.364. The molecule has 1 aliphatic rings. The largest absolute Gasteiger partial charge is 0.467 e. The highest BCUT2D eigenvalue weighted by Crippen LogP contribution is 2.20. The van der Waals surface area contributed by atoms with Gasteiger partial charge in [0.1, 0.15) is 0 Å². The fourth-order valence-electron chi connectivity index (χ4n) is 1.93. The van der Waals surface area contributed by atoms with Crippen LogP contribution in [-0.4, -0.2) is 44.0 Å². The fourth-order valence-corrected chi connectivity index (χ4v) is 2.84. The molecule has 1 aliphatic heterocycles. The van der Waals surface area contributed by atoms with Gasteiger partial charge in [0.25, 0.3) is 0 Å². The summed E-state index contributed by atoms with van der Waals surface area (Å²) in [5.74, 6) is 0.384. The van der Waals surface area contributed by atoms with Crippen LogP contribution in [0.1, 0.15) is 5.56 Å². The van der Waals surface area contributed by atoms with Gasteiger partial charge in [0.2, 0.25) is 0 Å². The average molecular weight is 316 g/mol. The molecule has 1 aromatic carbocycles. The molecule has 0 aliphatic carbocycles. The maximum atomic E-state index is 11.4. The second-order valence-corrected chi connectivity index (χ2v) is 6.06. The van der Waals surface area contributed by atoms with E-state index in [0.29, 0.717) is 5.75 Å². The van der Waals surface area contributed by atoms with Crippen molar-refractivity contribution in [2.75, 3.05) is 31.9 Å². The van der Waals surface area contributed by atoms with Crippen molar-refractivity contribution in [1.29, 1.82) is 0 Å². The molecule has 1 aromatic rings. The molecule has 0 amide bonds. The SMILES string of the molecule is COC(=O)[C@H]1CSC(C=CC=Cc2ccc(N(C)C)cc2)=N1. The third-order valence-electron chi connectivity index (χ3n) is 3.19. The second kappa shape index (κ2) is 7.84. The zero-order valence-corrected chi connectivity index (χ0v) is 13.8. The van der Waals surface area contributed by atoms with Crippen molar-refractivity contribution in [3.8, 4) is 0 Å². The van der Waals surface area contributed by atoms with Crippen molar-refractivity contribution >= 4 is 34.5 Å². The van der Waals surface area contributed by atoms with Crippen LogP contribution in [0.5, 0.6) is 0 Å². The van der Waals surface area contributed by atoms with Crippen LogP contribution in [0.15, 0.2) is 47.5 Å². The van der Waals surface area contributed by atoms with E-state index in [1.807, 2.05) is 38.4 Å². The van der Waals surface area contributed by atoms with E-state index in [0.717, 1.165) is 10.6 Å². The maximum absolute atomic E-state index is 11.4. The van der Waals surface area contributed by atoms with Gasteiger partial charge in [-0.1, -0.05) is 30.4 Å². The van der Waals surface area contributed by atoms with E-state index in [4.69, 9.17) is 4.74 Å². The molecule has 5 heteroatoms. The van der Waals surface area contributed by atoms with Crippen LogP contribution in [0.3, 0.4) is 0 Å². The summed E-state index contributed by atoms with van der Waals surface area (Å²) in [7, 11) is 5.44. The van der Waals surface area contributed by atoms with E-state index in [1.54, 1.807) is 11.8 Å². The van der Waals surface area contributed by atoms with Crippen molar-refractivity contribution in [2.24, 2.45) is 4.99 Å². The molecule has 0 N–H and O–H groups in total. The number of anilines is 1. The Morgan fingerprint density at radius 3 is 2.59 bits per heavy atom. The van der Waals surface area contributed by atoms with E-state index in [9.17, 15) is 4.79 Å². The molecule has 0 bridgehead atoms. The number of methoxy groups -OCH3 is 1. The summed E-state index contributed by atoms with van der Waals surface area (Å²) in [4.78, 5) is 17.7. The molecule has 0 fully saturated rings. The summed E-state index contributed by atoms with van der Waals surface area (Å²) < 4.78 is 4.69. The predicted molar refractivity (Wildman–Crippen MR) is 94.6 cm³/mol. The second-order valence-electron chi connectivity index (χ2n) is 5.02. The van der Waals surface area contributed by atoms with Crippen LogP contribution in [0.2, 0.25) is 0 Å². The highest BCUT2D eigenvalue weighted by molar-refractivity contribution is 8.14. The molecule has 22 heavy (non-hydrogen) atoms. The van der Waals surface area contributed by atoms with Crippen LogP contribution in [0, 0.1) is 0 Å². The first kappa shape index (κ1) is 16.4. The molecule has 2 rings (SSSR count). The number of carbonyl (C=O) groups is 1. The number of allylic oxidation sites excluding steroid dienone is 2. The first-order chi connectivity index (χ1) is 10.6. The third-order valence-corrected chi connectivity index (χ3v) is 4.21. The highest BCUT2D eigenvalue weighted by atomic mass is 32.2. The Balaban J connectivity index is 1.91. The number of thioether (sulfide) groups is 1. The van der Waals surface area contributed by atoms with Crippen LogP contribution < -0.4 is 4.90 Å². The molecular formula is C17H20N2O2S. The lowest BCUT2D eigenvalue weighted by atomic mass is 10.2. The quantitative estimate of drug-likeness (QED) is 0.618. The van der Waals surface area contributed by atoms with E-state index in [-0.39, 0.29) is 12.0 Å². The summed E-state index contributed by atoms with van der Waals surface area (Å²) in [6, 6.07) is 7.96. The van der Waals surface area contributed by atoms with Crippen molar-refractivity contribution < 1.29 is 9.53 Å². The number of benzene rings is 1. The predicted octanol–water partition coefficient (Wildman–Crippen LogP) is 3.01. The van der Waals surface area contributed by atoms with Gasteiger partial charge in [-0.3, -0.25) is 4.99 Å². The van der Waals surface area contributed by atoms with Crippen molar-refractivity contribution in [3.05, 3.63) is 48.1 Å². The van der Waals surface area contributed by atoms with Gasteiger partial charge in [0.05, 0.1) is 12.2 Å². The Morgan fingerprint density at radius 2 is 1.95 bits per heavy atom. The Morgan fingerprint density at radius 1 is 1.27 bits per heavy atom. The molecule has 0 saturated heterocycles. The number of aliphatic imine (C=N–C) groups is 1. The number of hydrogen-bond acceptors (Lipinski definition) is 5. The van der Waals surface area contributed by atoms with E-state index in [1.165, 1.54) is 12.8 Å². The summed E-state index contributed by atoms with van der Waals surface area (Å²) in [5, 5.41) is 0.864. The third kappa shape index (κ3) is 4.49. The highest BCUT2D eigenvalue weighted by Gasteiger charge is 2.24. The van der Waals surface area contributed by atoms with E-state index < -0.39 is 0 Å². The van der Waals surface area contributed by atoms with Crippen LogP contribution in [-0.2, 0) is 9.53 Å². The van der Waals surface area contributed by atoms with Gasteiger partial charge >= 0.3 is 5.97 Å². The monoisotopic (exact) mass is 316 g/mol. The van der Waals surface area contributed by atoms with Crippen molar-refractivity contribution in [2.45, 2.75) is 6.04 Å². The lowest BCUT2D eigenvalue weighted by Gasteiger charge is -2.11. The number of ether oxygens (including phenoxy) is 1. The molecule has 1 atom stereocenters. The molecule has 116 valence electrons. The molecule has 0 radical (unpaired) electrons. The summed E-state index contributed by atoms with van der Waals surface area (Å²) in [5.41, 5.74) is 2.32. The number of esters is 1. The first-order valence-electron chi connectivity index (χ1n) is 7.00. The van der Waals surface area contributed by atoms with Crippen molar-refractivity contribution in [1.82, 2.24) is 0 Å². The molecule has 0 aromatic heterocycles.